The fraction of sp³-hybridized carbons (Fsp3) is 0.750. The number of hydrogen-bond donors (Lipinski definition) is 1. The van der Waals surface area contributed by atoms with Crippen LogP contribution in [0.15, 0.2) is 5.38 Å². The van der Waals surface area contributed by atoms with E-state index in [1.807, 2.05) is 18.4 Å². The topological polar surface area (TPSA) is 24.9 Å². The summed E-state index contributed by atoms with van der Waals surface area (Å²) in [6, 6.07) is 0. The molecule has 0 unspecified atom stereocenters. The molecule has 1 aromatic rings. The second-order valence-electron chi connectivity index (χ2n) is 4.90. The van der Waals surface area contributed by atoms with Gasteiger partial charge in [-0.1, -0.05) is 20.3 Å². The van der Waals surface area contributed by atoms with Crippen LogP contribution in [-0.4, -0.2) is 18.6 Å². The van der Waals surface area contributed by atoms with Gasteiger partial charge in [-0.3, -0.25) is 0 Å². The second kappa shape index (κ2) is 4.22. The molecule has 0 aromatic carbocycles. The van der Waals surface area contributed by atoms with Crippen molar-refractivity contribution in [2.24, 2.45) is 0 Å². The van der Waals surface area contributed by atoms with Crippen molar-refractivity contribution in [1.82, 2.24) is 10.3 Å². The van der Waals surface area contributed by atoms with Crippen molar-refractivity contribution in [2.45, 2.75) is 44.4 Å². The van der Waals surface area contributed by atoms with Crippen molar-refractivity contribution >= 4 is 11.3 Å². The smallest absolute Gasteiger partial charge is 0.100 e. The summed E-state index contributed by atoms with van der Waals surface area (Å²) >= 11 is 1.85. The molecule has 1 N–H and O–H groups in total. The Morgan fingerprint density at radius 2 is 2.27 bits per heavy atom. The molecule has 0 radical (unpaired) electrons. The summed E-state index contributed by atoms with van der Waals surface area (Å²) < 4.78 is 0. The zero-order valence-electron chi connectivity index (χ0n) is 9.84. The molecule has 1 saturated carbocycles. The molecule has 0 amide bonds. The Hall–Kier alpha value is -0.410. The van der Waals surface area contributed by atoms with Gasteiger partial charge in [-0.25, -0.2) is 4.98 Å². The quantitative estimate of drug-likeness (QED) is 0.850. The van der Waals surface area contributed by atoms with Crippen LogP contribution in [-0.2, 0) is 5.41 Å². The molecule has 0 spiro atoms. The molecule has 84 valence electrons. The molecule has 2 rings (SSSR count). The van der Waals surface area contributed by atoms with Gasteiger partial charge in [0.15, 0.2) is 0 Å². The van der Waals surface area contributed by atoms with Gasteiger partial charge in [0.05, 0.1) is 5.69 Å². The van der Waals surface area contributed by atoms with Crippen LogP contribution in [0, 0.1) is 0 Å². The van der Waals surface area contributed by atoms with Crippen molar-refractivity contribution in [3.63, 3.8) is 0 Å². The normalized spacial score (nSPS) is 19.2. The fourth-order valence-corrected chi connectivity index (χ4v) is 3.44. The molecule has 0 saturated heterocycles. The van der Waals surface area contributed by atoms with E-state index in [9.17, 15) is 0 Å². The Morgan fingerprint density at radius 1 is 1.53 bits per heavy atom. The molecule has 1 aliphatic rings. The first-order chi connectivity index (χ1) is 7.18. The van der Waals surface area contributed by atoms with Crippen LogP contribution in [0.1, 0.15) is 49.7 Å². The van der Waals surface area contributed by atoms with Gasteiger partial charge in [0, 0.05) is 17.3 Å². The summed E-state index contributed by atoms with van der Waals surface area (Å²) in [7, 11) is 2.04. The lowest BCUT2D eigenvalue weighted by atomic mass is 9.69. The van der Waals surface area contributed by atoms with Gasteiger partial charge in [-0.2, -0.15) is 0 Å². The number of nitrogens with one attached hydrogen (secondary N) is 1. The van der Waals surface area contributed by atoms with Crippen LogP contribution in [0.3, 0.4) is 0 Å². The van der Waals surface area contributed by atoms with E-state index in [0.717, 1.165) is 6.54 Å². The number of hydrogen-bond acceptors (Lipinski definition) is 3. The van der Waals surface area contributed by atoms with Crippen LogP contribution in [0.4, 0.5) is 0 Å². The lowest BCUT2D eigenvalue weighted by molar-refractivity contribution is 0.238. The van der Waals surface area contributed by atoms with Crippen molar-refractivity contribution < 1.29 is 0 Å². The standard InChI is InChI=1S/C12H20N2S/c1-9(2)10-7-15-11(14-10)12(8-13-3)5-4-6-12/h7,9,13H,4-6,8H2,1-3H3. The number of likely N-dealkylation sites (N-methyl/N-ethyl adjacent to an activating group) is 1. The largest absolute Gasteiger partial charge is 0.319 e. The minimum Gasteiger partial charge on any atom is -0.319 e. The van der Waals surface area contributed by atoms with Crippen molar-refractivity contribution in [2.75, 3.05) is 13.6 Å². The van der Waals surface area contributed by atoms with E-state index >= 15 is 0 Å². The number of aromatic nitrogens is 1. The van der Waals surface area contributed by atoms with E-state index in [0.29, 0.717) is 11.3 Å². The zero-order chi connectivity index (χ0) is 10.9. The van der Waals surface area contributed by atoms with Gasteiger partial charge in [0.2, 0.25) is 0 Å². The molecule has 0 atom stereocenters. The monoisotopic (exact) mass is 224 g/mol. The molecule has 3 heteroatoms. The summed E-state index contributed by atoms with van der Waals surface area (Å²) in [4.78, 5) is 4.80. The van der Waals surface area contributed by atoms with Crippen LogP contribution in [0.2, 0.25) is 0 Å². The molecule has 1 aromatic heterocycles. The molecule has 1 heterocycles. The van der Waals surface area contributed by atoms with Crippen LogP contribution >= 0.6 is 11.3 Å². The molecular formula is C12H20N2S. The zero-order valence-corrected chi connectivity index (χ0v) is 10.7. The van der Waals surface area contributed by atoms with Crippen molar-refractivity contribution in [3.05, 3.63) is 16.1 Å². The van der Waals surface area contributed by atoms with Gasteiger partial charge in [0.1, 0.15) is 5.01 Å². The van der Waals surface area contributed by atoms with Gasteiger partial charge < -0.3 is 5.32 Å². The summed E-state index contributed by atoms with van der Waals surface area (Å²) in [6.45, 7) is 5.51. The van der Waals surface area contributed by atoms with Crippen molar-refractivity contribution in [1.29, 1.82) is 0 Å². The number of thiazole rings is 1. The average molecular weight is 224 g/mol. The van der Waals surface area contributed by atoms with Crippen LogP contribution in [0.25, 0.3) is 0 Å². The lowest BCUT2D eigenvalue weighted by Crippen LogP contribution is -2.42. The van der Waals surface area contributed by atoms with Gasteiger partial charge in [-0.15, -0.1) is 11.3 Å². The van der Waals surface area contributed by atoms with E-state index in [1.54, 1.807) is 0 Å². The van der Waals surface area contributed by atoms with E-state index in [-0.39, 0.29) is 0 Å². The van der Waals surface area contributed by atoms with E-state index < -0.39 is 0 Å². The lowest BCUT2D eigenvalue weighted by Gasteiger charge is -2.40. The number of rotatable bonds is 4. The molecule has 15 heavy (non-hydrogen) atoms. The molecule has 1 aliphatic carbocycles. The Kier molecular flexibility index (Phi) is 3.12. The molecule has 2 nitrogen and oxygen atoms in total. The summed E-state index contributed by atoms with van der Waals surface area (Å²) in [5.41, 5.74) is 1.63. The fourth-order valence-electron chi connectivity index (χ4n) is 2.20. The summed E-state index contributed by atoms with van der Waals surface area (Å²) in [5, 5.41) is 6.90. The summed E-state index contributed by atoms with van der Waals surface area (Å²) in [6.07, 6.45) is 3.97. The highest BCUT2D eigenvalue weighted by Gasteiger charge is 2.40. The van der Waals surface area contributed by atoms with E-state index in [2.05, 4.69) is 24.5 Å². The first-order valence-electron chi connectivity index (χ1n) is 5.78. The maximum absolute atomic E-state index is 4.80. The first kappa shape index (κ1) is 11.1. The minimum atomic E-state index is 0.368. The van der Waals surface area contributed by atoms with E-state index in [1.165, 1.54) is 30.0 Å². The van der Waals surface area contributed by atoms with Crippen LogP contribution in [0.5, 0.6) is 0 Å². The van der Waals surface area contributed by atoms with Gasteiger partial charge in [-0.05, 0) is 25.8 Å². The highest BCUT2D eigenvalue weighted by molar-refractivity contribution is 7.09. The van der Waals surface area contributed by atoms with Crippen molar-refractivity contribution in [3.8, 4) is 0 Å². The van der Waals surface area contributed by atoms with E-state index in [4.69, 9.17) is 4.98 Å². The maximum Gasteiger partial charge on any atom is 0.100 e. The van der Waals surface area contributed by atoms with Gasteiger partial charge in [0.25, 0.3) is 0 Å². The highest BCUT2D eigenvalue weighted by Crippen LogP contribution is 2.44. The summed E-state index contributed by atoms with van der Waals surface area (Å²) in [5.74, 6) is 0.557. The molecule has 0 bridgehead atoms. The predicted molar refractivity (Wildman–Crippen MR) is 65.7 cm³/mol. The highest BCUT2D eigenvalue weighted by atomic mass is 32.1. The third-order valence-corrected chi connectivity index (χ3v) is 4.50. The third-order valence-electron chi connectivity index (χ3n) is 3.39. The van der Waals surface area contributed by atoms with Crippen LogP contribution < -0.4 is 5.32 Å². The molecular weight excluding hydrogens is 204 g/mol. The Labute approximate surface area is 96.1 Å². The maximum atomic E-state index is 4.80. The Bertz CT molecular complexity index is 326. The minimum absolute atomic E-state index is 0.368. The Balaban J connectivity index is 2.19. The average Bonchev–Trinajstić information content (AvgIpc) is 2.60. The molecule has 1 fully saturated rings. The second-order valence-corrected chi connectivity index (χ2v) is 5.75. The third kappa shape index (κ3) is 1.95. The first-order valence-corrected chi connectivity index (χ1v) is 6.66. The molecule has 0 aliphatic heterocycles. The van der Waals surface area contributed by atoms with Gasteiger partial charge >= 0.3 is 0 Å². The Morgan fingerprint density at radius 3 is 2.67 bits per heavy atom. The predicted octanol–water partition coefficient (Wildman–Crippen LogP) is 2.91. The number of nitrogens with zero attached hydrogens (tertiary/aromatic N) is 1. The SMILES string of the molecule is CNCC1(c2nc(C(C)C)cs2)CCC1.